The number of nitrogens with one attached hydrogen (secondary N) is 2. The van der Waals surface area contributed by atoms with Gasteiger partial charge in [0, 0.05) is 17.1 Å². The van der Waals surface area contributed by atoms with Gasteiger partial charge in [-0.15, -0.1) is 0 Å². The summed E-state index contributed by atoms with van der Waals surface area (Å²) < 4.78 is 0. The maximum Gasteiger partial charge on any atom is 0.241 e. The van der Waals surface area contributed by atoms with Crippen molar-refractivity contribution in [2.75, 3.05) is 23.7 Å². The number of hydrogen-bond donors (Lipinski definition) is 2. The normalized spacial score (nSPS) is 16.7. The van der Waals surface area contributed by atoms with E-state index < -0.39 is 0 Å². The number of carbonyl (C=O) groups excluding carboxylic acids is 1. The minimum Gasteiger partial charge on any atom is -0.356 e. The van der Waals surface area contributed by atoms with Crippen molar-refractivity contribution in [2.45, 2.75) is 38.6 Å². The van der Waals surface area contributed by atoms with E-state index in [0.29, 0.717) is 0 Å². The lowest BCUT2D eigenvalue weighted by Gasteiger charge is -2.26. The van der Waals surface area contributed by atoms with Crippen LogP contribution in [0.15, 0.2) is 54.6 Å². The Morgan fingerprint density at radius 2 is 1.40 bits per heavy atom. The zero-order valence-electron chi connectivity index (χ0n) is 14.9. The highest BCUT2D eigenvalue weighted by Crippen LogP contribution is 2.19. The lowest BCUT2D eigenvalue weighted by atomic mass is 10.2. The molecule has 1 heterocycles. The smallest absolute Gasteiger partial charge is 0.241 e. The average molecular weight is 337 g/mol. The lowest BCUT2D eigenvalue weighted by Crippen LogP contribution is -2.42. The summed E-state index contributed by atoms with van der Waals surface area (Å²) >= 11 is 0. The first-order chi connectivity index (χ1) is 12.2. The summed E-state index contributed by atoms with van der Waals surface area (Å²) in [4.78, 5) is 14.8. The van der Waals surface area contributed by atoms with Crippen LogP contribution in [0.25, 0.3) is 0 Å². The molecule has 1 aliphatic heterocycles. The molecule has 0 aromatic heterocycles. The molecule has 4 heteroatoms. The molecule has 1 atom stereocenters. The predicted molar refractivity (Wildman–Crippen MR) is 104 cm³/mol. The van der Waals surface area contributed by atoms with E-state index >= 15 is 0 Å². The summed E-state index contributed by atoms with van der Waals surface area (Å²) in [5, 5.41) is 6.39. The van der Waals surface area contributed by atoms with Gasteiger partial charge in [-0.2, -0.15) is 0 Å². The van der Waals surface area contributed by atoms with Gasteiger partial charge in [0.05, 0.1) is 6.04 Å². The standard InChI is InChI=1S/C21H27N3O/c1-17(24-15-7-2-3-8-16-24)21(25)23-20-13-11-19(12-14-20)22-18-9-5-4-6-10-18/h4-6,9-14,17,22H,2-3,7-8,15-16H2,1H3,(H,23,25). The molecule has 0 radical (unpaired) electrons. The molecule has 0 aliphatic carbocycles. The third kappa shape index (κ3) is 5.07. The molecule has 0 bridgehead atoms. The van der Waals surface area contributed by atoms with Gasteiger partial charge in [-0.25, -0.2) is 0 Å². The number of amides is 1. The molecule has 4 nitrogen and oxygen atoms in total. The topological polar surface area (TPSA) is 44.4 Å². The van der Waals surface area contributed by atoms with Crippen LogP contribution in [-0.2, 0) is 4.79 Å². The summed E-state index contributed by atoms with van der Waals surface area (Å²) in [6, 6.07) is 17.8. The van der Waals surface area contributed by atoms with E-state index in [1.54, 1.807) is 0 Å². The number of rotatable bonds is 5. The van der Waals surface area contributed by atoms with Gasteiger partial charge in [0.1, 0.15) is 0 Å². The van der Waals surface area contributed by atoms with Crippen LogP contribution < -0.4 is 10.6 Å². The van der Waals surface area contributed by atoms with Crippen molar-refractivity contribution in [3.63, 3.8) is 0 Å². The zero-order valence-corrected chi connectivity index (χ0v) is 14.9. The third-order valence-corrected chi connectivity index (χ3v) is 4.78. The van der Waals surface area contributed by atoms with Crippen LogP contribution in [0, 0.1) is 0 Å². The minimum atomic E-state index is -0.0831. The number of para-hydroxylation sites is 1. The number of hydrogen-bond acceptors (Lipinski definition) is 3. The molecule has 25 heavy (non-hydrogen) atoms. The molecule has 0 spiro atoms. The van der Waals surface area contributed by atoms with Crippen LogP contribution in [0.3, 0.4) is 0 Å². The van der Waals surface area contributed by atoms with E-state index in [4.69, 9.17) is 0 Å². The number of anilines is 3. The number of benzene rings is 2. The summed E-state index contributed by atoms with van der Waals surface area (Å²) in [5.74, 6) is 0.0747. The highest BCUT2D eigenvalue weighted by molar-refractivity contribution is 5.94. The van der Waals surface area contributed by atoms with E-state index in [1.165, 1.54) is 25.7 Å². The van der Waals surface area contributed by atoms with Crippen LogP contribution in [0.1, 0.15) is 32.6 Å². The van der Waals surface area contributed by atoms with Crippen LogP contribution in [0.5, 0.6) is 0 Å². The Bertz CT molecular complexity index is 661. The Hall–Kier alpha value is -2.33. The monoisotopic (exact) mass is 337 g/mol. The van der Waals surface area contributed by atoms with E-state index in [9.17, 15) is 4.79 Å². The number of carbonyl (C=O) groups is 1. The first kappa shape index (κ1) is 17.5. The molecule has 1 unspecified atom stereocenters. The SMILES string of the molecule is CC(C(=O)Nc1ccc(Nc2ccccc2)cc1)N1CCCCCC1. The largest absolute Gasteiger partial charge is 0.356 e. The Kier molecular flexibility index (Phi) is 6.07. The summed E-state index contributed by atoms with van der Waals surface area (Å²) in [5.41, 5.74) is 2.89. The molecule has 1 saturated heterocycles. The Balaban J connectivity index is 1.56. The second-order valence-corrected chi connectivity index (χ2v) is 6.68. The Labute approximate surface area is 150 Å². The Morgan fingerprint density at radius 3 is 2.04 bits per heavy atom. The molecular weight excluding hydrogens is 310 g/mol. The Morgan fingerprint density at radius 1 is 0.840 bits per heavy atom. The van der Waals surface area contributed by atoms with Crippen molar-refractivity contribution in [1.82, 2.24) is 4.90 Å². The molecule has 0 saturated carbocycles. The maximum absolute atomic E-state index is 12.5. The van der Waals surface area contributed by atoms with Gasteiger partial charge < -0.3 is 10.6 Å². The third-order valence-electron chi connectivity index (χ3n) is 4.78. The van der Waals surface area contributed by atoms with E-state index in [1.807, 2.05) is 61.5 Å². The first-order valence-corrected chi connectivity index (χ1v) is 9.19. The van der Waals surface area contributed by atoms with Gasteiger partial charge in [-0.1, -0.05) is 31.0 Å². The molecule has 2 aromatic rings. The molecule has 2 N–H and O–H groups in total. The fourth-order valence-corrected chi connectivity index (χ4v) is 3.22. The van der Waals surface area contributed by atoms with Crippen molar-refractivity contribution in [1.29, 1.82) is 0 Å². The molecule has 1 aliphatic rings. The van der Waals surface area contributed by atoms with Gasteiger partial charge in [0.15, 0.2) is 0 Å². The quantitative estimate of drug-likeness (QED) is 0.836. The van der Waals surface area contributed by atoms with Gasteiger partial charge in [0.25, 0.3) is 0 Å². The predicted octanol–water partition coefficient (Wildman–Crippen LogP) is 4.63. The van der Waals surface area contributed by atoms with Crippen LogP contribution in [-0.4, -0.2) is 29.9 Å². The van der Waals surface area contributed by atoms with E-state index in [-0.39, 0.29) is 11.9 Å². The summed E-state index contributed by atoms with van der Waals surface area (Å²) in [6.45, 7) is 4.05. The summed E-state index contributed by atoms with van der Waals surface area (Å²) in [7, 11) is 0. The molecular formula is C21H27N3O. The van der Waals surface area contributed by atoms with Crippen molar-refractivity contribution >= 4 is 23.0 Å². The molecule has 132 valence electrons. The second kappa shape index (κ2) is 8.67. The van der Waals surface area contributed by atoms with Crippen molar-refractivity contribution in [3.8, 4) is 0 Å². The van der Waals surface area contributed by atoms with Crippen LogP contribution in [0.4, 0.5) is 17.1 Å². The molecule has 1 fully saturated rings. The average Bonchev–Trinajstić information content (AvgIpc) is 2.93. The van der Waals surface area contributed by atoms with Gasteiger partial charge in [0.2, 0.25) is 5.91 Å². The van der Waals surface area contributed by atoms with Crippen molar-refractivity contribution in [3.05, 3.63) is 54.6 Å². The van der Waals surface area contributed by atoms with Gasteiger partial charge >= 0.3 is 0 Å². The van der Waals surface area contributed by atoms with Gasteiger partial charge in [-0.05, 0) is 69.3 Å². The fraction of sp³-hybridized carbons (Fsp3) is 0.381. The minimum absolute atomic E-state index is 0.0747. The zero-order chi connectivity index (χ0) is 17.5. The first-order valence-electron chi connectivity index (χ1n) is 9.19. The van der Waals surface area contributed by atoms with E-state index in [0.717, 1.165) is 30.2 Å². The fourth-order valence-electron chi connectivity index (χ4n) is 3.22. The highest BCUT2D eigenvalue weighted by Gasteiger charge is 2.21. The molecule has 2 aromatic carbocycles. The summed E-state index contributed by atoms with van der Waals surface area (Å²) in [6.07, 6.45) is 4.94. The maximum atomic E-state index is 12.5. The van der Waals surface area contributed by atoms with Crippen LogP contribution >= 0.6 is 0 Å². The number of nitrogens with zero attached hydrogens (tertiary/aromatic N) is 1. The lowest BCUT2D eigenvalue weighted by molar-refractivity contribution is -0.120. The van der Waals surface area contributed by atoms with Crippen molar-refractivity contribution < 1.29 is 4.79 Å². The van der Waals surface area contributed by atoms with Crippen molar-refractivity contribution in [2.24, 2.45) is 0 Å². The molecule has 1 amide bonds. The number of likely N-dealkylation sites (tertiary alicyclic amines) is 1. The molecule has 3 rings (SSSR count). The second-order valence-electron chi connectivity index (χ2n) is 6.68. The van der Waals surface area contributed by atoms with Gasteiger partial charge in [-0.3, -0.25) is 9.69 Å². The highest BCUT2D eigenvalue weighted by atomic mass is 16.2. The van der Waals surface area contributed by atoms with Crippen LogP contribution in [0.2, 0.25) is 0 Å². The van der Waals surface area contributed by atoms with E-state index in [2.05, 4.69) is 15.5 Å².